The van der Waals surface area contributed by atoms with Crippen molar-refractivity contribution >= 4 is 18.3 Å². The molecular formula is C18H29ClN2O3. The fraction of sp³-hybridized carbons (Fsp3) is 0.611. The van der Waals surface area contributed by atoms with Crippen molar-refractivity contribution in [3.05, 3.63) is 23.8 Å². The number of amides is 1. The first-order chi connectivity index (χ1) is 11.2. The SMILES string of the molecule is CNCCC1CCN(C(=O)Cc2ccc(OC)c(OC)c2)CC1.Cl. The van der Waals surface area contributed by atoms with Gasteiger partial charge < -0.3 is 19.7 Å². The summed E-state index contributed by atoms with van der Waals surface area (Å²) in [5.74, 6) is 2.30. The highest BCUT2D eigenvalue weighted by atomic mass is 35.5. The first kappa shape index (κ1) is 20.6. The Balaban J connectivity index is 0.00000288. The molecule has 1 aliphatic heterocycles. The van der Waals surface area contributed by atoms with E-state index in [0.717, 1.165) is 44.0 Å². The van der Waals surface area contributed by atoms with E-state index in [9.17, 15) is 4.79 Å². The summed E-state index contributed by atoms with van der Waals surface area (Å²) >= 11 is 0. The Bertz CT molecular complexity index is 517. The molecule has 1 aromatic rings. The number of hydrogen-bond acceptors (Lipinski definition) is 4. The first-order valence-electron chi connectivity index (χ1n) is 8.31. The zero-order valence-electron chi connectivity index (χ0n) is 14.8. The van der Waals surface area contributed by atoms with E-state index in [-0.39, 0.29) is 18.3 Å². The van der Waals surface area contributed by atoms with Crippen LogP contribution >= 0.6 is 12.4 Å². The largest absolute Gasteiger partial charge is 0.493 e. The van der Waals surface area contributed by atoms with Crippen molar-refractivity contribution in [2.24, 2.45) is 5.92 Å². The van der Waals surface area contributed by atoms with Gasteiger partial charge in [-0.15, -0.1) is 12.4 Å². The van der Waals surface area contributed by atoms with Gasteiger partial charge in [-0.1, -0.05) is 6.07 Å². The molecule has 0 unspecified atom stereocenters. The van der Waals surface area contributed by atoms with Gasteiger partial charge in [0.15, 0.2) is 11.5 Å². The summed E-state index contributed by atoms with van der Waals surface area (Å²) < 4.78 is 10.5. The number of carbonyl (C=O) groups excluding carboxylic acids is 1. The second-order valence-electron chi connectivity index (χ2n) is 6.08. The monoisotopic (exact) mass is 356 g/mol. The highest BCUT2D eigenvalue weighted by Gasteiger charge is 2.22. The molecule has 1 aromatic carbocycles. The number of ether oxygens (including phenoxy) is 2. The molecular weight excluding hydrogens is 328 g/mol. The Hall–Kier alpha value is -1.46. The van der Waals surface area contributed by atoms with Crippen LogP contribution in [0.15, 0.2) is 18.2 Å². The van der Waals surface area contributed by atoms with E-state index in [1.807, 2.05) is 30.1 Å². The Morgan fingerprint density at radius 1 is 1.21 bits per heavy atom. The van der Waals surface area contributed by atoms with Gasteiger partial charge in [0.2, 0.25) is 5.91 Å². The molecule has 0 aliphatic carbocycles. The molecule has 1 N–H and O–H groups in total. The maximum absolute atomic E-state index is 12.5. The fourth-order valence-corrected chi connectivity index (χ4v) is 3.10. The molecule has 136 valence electrons. The normalized spacial score (nSPS) is 14.9. The Labute approximate surface area is 151 Å². The van der Waals surface area contributed by atoms with Crippen LogP contribution in [0, 0.1) is 5.92 Å². The quantitative estimate of drug-likeness (QED) is 0.815. The van der Waals surface area contributed by atoms with E-state index in [4.69, 9.17) is 9.47 Å². The Morgan fingerprint density at radius 2 is 1.88 bits per heavy atom. The summed E-state index contributed by atoms with van der Waals surface area (Å²) in [6, 6.07) is 5.67. The number of carbonyl (C=O) groups is 1. The summed E-state index contributed by atoms with van der Waals surface area (Å²) in [5, 5.41) is 3.20. The predicted octanol–water partition coefficient (Wildman–Crippen LogP) is 2.52. The molecule has 1 saturated heterocycles. The molecule has 1 amide bonds. The van der Waals surface area contributed by atoms with Gasteiger partial charge in [0, 0.05) is 13.1 Å². The number of halogens is 1. The van der Waals surface area contributed by atoms with E-state index in [0.29, 0.717) is 17.9 Å². The number of nitrogens with one attached hydrogen (secondary N) is 1. The van der Waals surface area contributed by atoms with E-state index in [2.05, 4.69) is 5.32 Å². The number of piperidine rings is 1. The topological polar surface area (TPSA) is 50.8 Å². The average molecular weight is 357 g/mol. The minimum atomic E-state index is 0. The third-order valence-electron chi connectivity index (χ3n) is 4.57. The predicted molar refractivity (Wildman–Crippen MR) is 98.3 cm³/mol. The van der Waals surface area contributed by atoms with E-state index >= 15 is 0 Å². The zero-order valence-corrected chi connectivity index (χ0v) is 15.7. The number of methoxy groups -OCH3 is 2. The van der Waals surface area contributed by atoms with Gasteiger partial charge in [-0.3, -0.25) is 4.79 Å². The maximum Gasteiger partial charge on any atom is 0.226 e. The van der Waals surface area contributed by atoms with E-state index < -0.39 is 0 Å². The second kappa shape index (κ2) is 10.4. The Morgan fingerprint density at radius 3 is 2.46 bits per heavy atom. The smallest absolute Gasteiger partial charge is 0.226 e. The molecule has 1 fully saturated rings. The lowest BCUT2D eigenvalue weighted by molar-refractivity contribution is -0.131. The van der Waals surface area contributed by atoms with Gasteiger partial charge in [-0.25, -0.2) is 0 Å². The van der Waals surface area contributed by atoms with E-state index in [1.54, 1.807) is 14.2 Å². The molecule has 0 saturated carbocycles. The number of benzene rings is 1. The van der Waals surface area contributed by atoms with Gasteiger partial charge >= 0.3 is 0 Å². The minimum Gasteiger partial charge on any atom is -0.493 e. The van der Waals surface area contributed by atoms with Gasteiger partial charge in [0.05, 0.1) is 20.6 Å². The number of hydrogen-bond donors (Lipinski definition) is 1. The van der Waals surface area contributed by atoms with Crippen LogP contribution in [0.1, 0.15) is 24.8 Å². The van der Waals surface area contributed by atoms with Crippen LogP contribution in [0.4, 0.5) is 0 Å². The molecule has 0 spiro atoms. The fourth-order valence-electron chi connectivity index (χ4n) is 3.10. The van der Waals surface area contributed by atoms with Crippen molar-refractivity contribution in [2.45, 2.75) is 25.7 Å². The lowest BCUT2D eigenvalue weighted by Gasteiger charge is -2.32. The van der Waals surface area contributed by atoms with Gasteiger partial charge in [-0.05, 0) is 56.5 Å². The lowest BCUT2D eigenvalue weighted by atomic mass is 9.93. The summed E-state index contributed by atoms with van der Waals surface area (Å²) in [6.07, 6.45) is 3.84. The van der Waals surface area contributed by atoms with Crippen molar-refractivity contribution in [3.8, 4) is 11.5 Å². The average Bonchev–Trinajstić information content (AvgIpc) is 2.60. The molecule has 0 aromatic heterocycles. The second-order valence-corrected chi connectivity index (χ2v) is 6.08. The highest BCUT2D eigenvalue weighted by Crippen LogP contribution is 2.28. The van der Waals surface area contributed by atoms with Crippen molar-refractivity contribution < 1.29 is 14.3 Å². The maximum atomic E-state index is 12.5. The first-order valence-corrected chi connectivity index (χ1v) is 8.31. The van der Waals surface area contributed by atoms with Crippen LogP contribution in [0.3, 0.4) is 0 Å². The number of nitrogens with zero attached hydrogens (tertiary/aromatic N) is 1. The molecule has 0 bridgehead atoms. The summed E-state index contributed by atoms with van der Waals surface area (Å²) in [6.45, 7) is 2.81. The number of likely N-dealkylation sites (tertiary alicyclic amines) is 1. The number of rotatable bonds is 7. The molecule has 6 heteroatoms. The molecule has 2 rings (SSSR count). The van der Waals surface area contributed by atoms with Crippen LogP contribution in [-0.2, 0) is 11.2 Å². The molecule has 1 aliphatic rings. The molecule has 5 nitrogen and oxygen atoms in total. The van der Waals surface area contributed by atoms with Crippen molar-refractivity contribution in [1.29, 1.82) is 0 Å². The third kappa shape index (κ3) is 5.56. The standard InChI is InChI=1S/C18H28N2O3.ClH/c1-19-9-6-14-7-10-20(11-8-14)18(21)13-15-4-5-16(22-2)17(12-15)23-3;/h4-5,12,14,19H,6-11,13H2,1-3H3;1H. The molecule has 0 atom stereocenters. The van der Waals surface area contributed by atoms with Crippen LogP contribution in [-0.4, -0.2) is 51.7 Å². The van der Waals surface area contributed by atoms with Crippen LogP contribution < -0.4 is 14.8 Å². The van der Waals surface area contributed by atoms with Crippen molar-refractivity contribution in [3.63, 3.8) is 0 Å². The molecule has 1 heterocycles. The lowest BCUT2D eigenvalue weighted by Crippen LogP contribution is -2.39. The highest BCUT2D eigenvalue weighted by molar-refractivity contribution is 5.85. The Kier molecular flexibility index (Phi) is 8.93. The van der Waals surface area contributed by atoms with Crippen molar-refractivity contribution in [2.75, 3.05) is 40.9 Å². The third-order valence-corrected chi connectivity index (χ3v) is 4.57. The molecule has 24 heavy (non-hydrogen) atoms. The van der Waals surface area contributed by atoms with Crippen LogP contribution in [0.25, 0.3) is 0 Å². The zero-order chi connectivity index (χ0) is 16.7. The minimum absolute atomic E-state index is 0. The molecule has 0 radical (unpaired) electrons. The van der Waals surface area contributed by atoms with Gasteiger partial charge in [0.1, 0.15) is 0 Å². The summed E-state index contributed by atoms with van der Waals surface area (Å²) in [7, 11) is 5.21. The van der Waals surface area contributed by atoms with Crippen molar-refractivity contribution in [1.82, 2.24) is 10.2 Å². The van der Waals surface area contributed by atoms with E-state index in [1.165, 1.54) is 6.42 Å². The summed E-state index contributed by atoms with van der Waals surface area (Å²) in [4.78, 5) is 14.5. The van der Waals surface area contributed by atoms with Gasteiger partial charge in [0.25, 0.3) is 0 Å². The summed E-state index contributed by atoms with van der Waals surface area (Å²) in [5.41, 5.74) is 0.963. The van der Waals surface area contributed by atoms with Crippen LogP contribution in [0.2, 0.25) is 0 Å². The van der Waals surface area contributed by atoms with Gasteiger partial charge in [-0.2, -0.15) is 0 Å². The van der Waals surface area contributed by atoms with Crippen LogP contribution in [0.5, 0.6) is 11.5 Å².